The molecule has 0 aliphatic carbocycles. The van der Waals surface area contributed by atoms with Gasteiger partial charge in [-0.1, -0.05) is 13.3 Å². The van der Waals surface area contributed by atoms with Gasteiger partial charge in [0.25, 0.3) is 10.0 Å². The van der Waals surface area contributed by atoms with E-state index in [4.69, 9.17) is 0 Å². The molecular weight excluding hydrogens is 245 g/mol. The van der Waals surface area contributed by atoms with Crippen LogP contribution >= 0.6 is 0 Å². The van der Waals surface area contributed by atoms with Crippen molar-refractivity contribution in [3.05, 3.63) is 18.1 Å². The number of hydrogen-bond acceptors (Lipinski definition) is 4. The topological polar surface area (TPSA) is 63.2 Å². The molecule has 2 rings (SSSR count). The monoisotopic (exact) mass is 259 g/mol. The van der Waals surface area contributed by atoms with E-state index in [9.17, 15) is 12.8 Å². The first-order chi connectivity index (χ1) is 8.04. The Bertz CT molecular complexity index is 489. The fourth-order valence-electron chi connectivity index (χ4n) is 1.92. The molecule has 7 heteroatoms. The van der Waals surface area contributed by atoms with Gasteiger partial charge in [-0.2, -0.15) is 8.70 Å². The molecular formula is C10H14FN3O2S. The highest BCUT2D eigenvalue weighted by Crippen LogP contribution is 2.24. The molecule has 1 fully saturated rings. The molecule has 1 aliphatic heterocycles. The summed E-state index contributed by atoms with van der Waals surface area (Å²) in [6.07, 6.45) is 1.82. The number of sulfonamides is 1. The third-order valence-corrected chi connectivity index (χ3v) is 4.80. The molecule has 1 unspecified atom stereocenters. The van der Waals surface area contributed by atoms with Gasteiger partial charge in [0, 0.05) is 13.1 Å². The predicted molar refractivity (Wildman–Crippen MR) is 59.1 cm³/mol. The molecule has 1 aliphatic rings. The zero-order chi connectivity index (χ0) is 12.5. The van der Waals surface area contributed by atoms with Crippen LogP contribution < -0.4 is 0 Å². The first kappa shape index (κ1) is 12.4. The van der Waals surface area contributed by atoms with E-state index in [0.29, 0.717) is 19.0 Å². The quantitative estimate of drug-likeness (QED) is 0.813. The Balaban J connectivity index is 2.22. The summed E-state index contributed by atoms with van der Waals surface area (Å²) in [5.41, 5.74) is 0. The van der Waals surface area contributed by atoms with Gasteiger partial charge >= 0.3 is 0 Å². The van der Waals surface area contributed by atoms with Gasteiger partial charge in [-0.25, -0.2) is 8.42 Å². The first-order valence-corrected chi connectivity index (χ1v) is 6.97. The van der Waals surface area contributed by atoms with Gasteiger partial charge in [-0.15, -0.1) is 10.2 Å². The molecule has 94 valence electrons. The summed E-state index contributed by atoms with van der Waals surface area (Å²) in [5.74, 6) is -0.380. The van der Waals surface area contributed by atoms with Crippen molar-refractivity contribution >= 4 is 10.0 Å². The van der Waals surface area contributed by atoms with E-state index in [1.54, 1.807) is 0 Å². The van der Waals surface area contributed by atoms with Crippen LogP contribution in [0.1, 0.15) is 19.8 Å². The minimum atomic E-state index is -3.61. The fraction of sp³-hybridized carbons (Fsp3) is 0.600. The lowest BCUT2D eigenvalue weighted by Crippen LogP contribution is -2.29. The molecule has 0 radical (unpaired) electrons. The van der Waals surface area contributed by atoms with Crippen LogP contribution in [0, 0.1) is 11.9 Å². The van der Waals surface area contributed by atoms with Crippen LogP contribution in [0.25, 0.3) is 0 Å². The van der Waals surface area contributed by atoms with E-state index >= 15 is 0 Å². The minimum absolute atomic E-state index is 0.185. The maximum absolute atomic E-state index is 12.6. The average Bonchev–Trinajstić information content (AvgIpc) is 2.78. The van der Waals surface area contributed by atoms with E-state index in [1.807, 2.05) is 6.92 Å². The van der Waals surface area contributed by atoms with Gasteiger partial charge in [-0.05, 0) is 24.5 Å². The third kappa shape index (κ3) is 2.44. The van der Waals surface area contributed by atoms with E-state index in [2.05, 4.69) is 10.2 Å². The largest absolute Gasteiger partial charge is 0.262 e. The Labute approximate surface area is 99.7 Å². The number of hydrogen-bond donors (Lipinski definition) is 0. The Kier molecular flexibility index (Phi) is 3.39. The molecule has 0 amide bonds. The summed E-state index contributed by atoms with van der Waals surface area (Å²) in [7, 11) is -3.61. The third-order valence-electron chi connectivity index (χ3n) is 3.04. The normalized spacial score (nSPS) is 21.9. The van der Waals surface area contributed by atoms with Crippen molar-refractivity contribution in [1.29, 1.82) is 0 Å². The van der Waals surface area contributed by atoms with Crippen molar-refractivity contribution in [2.75, 3.05) is 13.1 Å². The first-order valence-electron chi connectivity index (χ1n) is 5.53. The van der Waals surface area contributed by atoms with Crippen LogP contribution in [-0.4, -0.2) is 36.0 Å². The maximum Gasteiger partial charge on any atom is 0.262 e. The Morgan fingerprint density at radius 1 is 1.47 bits per heavy atom. The van der Waals surface area contributed by atoms with Gasteiger partial charge in [0.05, 0.1) is 0 Å². The van der Waals surface area contributed by atoms with Gasteiger partial charge in [0.2, 0.25) is 5.95 Å². The van der Waals surface area contributed by atoms with E-state index in [0.717, 1.165) is 25.0 Å². The molecule has 17 heavy (non-hydrogen) atoms. The molecule has 1 saturated heterocycles. The van der Waals surface area contributed by atoms with Gasteiger partial charge in [0.1, 0.15) is 0 Å². The highest BCUT2D eigenvalue weighted by Gasteiger charge is 2.32. The SMILES string of the molecule is CCC1CCN(S(=O)(=O)c2ccc(F)nn2)C1. The van der Waals surface area contributed by atoms with Crippen molar-refractivity contribution < 1.29 is 12.8 Å². The van der Waals surface area contributed by atoms with Crippen LogP contribution in [0.15, 0.2) is 17.2 Å². The van der Waals surface area contributed by atoms with Crippen LogP contribution in [0.2, 0.25) is 0 Å². The fourth-order valence-corrected chi connectivity index (χ4v) is 3.32. The second kappa shape index (κ2) is 4.66. The summed E-state index contributed by atoms with van der Waals surface area (Å²) < 4.78 is 38.2. The average molecular weight is 259 g/mol. The van der Waals surface area contributed by atoms with E-state index in [1.165, 1.54) is 4.31 Å². The lowest BCUT2D eigenvalue weighted by atomic mass is 10.1. The van der Waals surface area contributed by atoms with E-state index < -0.39 is 16.0 Å². The van der Waals surface area contributed by atoms with Crippen LogP contribution in [-0.2, 0) is 10.0 Å². The van der Waals surface area contributed by atoms with Crippen LogP contribution in [0.4, 0.5) is 4.39 Å². The van der Waals surface area contributed by atoms with Gasteiger partial charge in [-0.3, -0.25) is 0 Å². The van der Waals surface area contributed by atoms with Crippen molar-refractivity contribution in [1.82, 2.24) is 14.5 Å². The summed E-state index contributed by atoms with van der Waals surface area (Å²) in [5, 5.41) is 6.34. The highest BCUT2D eigenvalue weighted by molar-refractivity contribution is 7.89. The molecule has 5 nitrogen and oxygen atoms in total. The number of halogens is 1. The van der Waals surface area contributed by atoms with Crippen molar-refractivity contribution in [2.24, 2.45) is 5.92 Å². The number of aromatic nitrogens is 2. The standard InChI is InChI=1S/C10H14FN3O2S/c1-2-8-5-6-14(7-8)17(15,16)10-4-3-9(11)12-13-10/h3-4,8H,2,5-7H2,1H3. The summed E-state index contributed by atoms with van der Waals surface area (Å²) in [4.78, 5) is 0. The zero-order valence-corrected chi connectivity index (χ0v) is 10.3. The molecule has 0 bridgehead atoms. The number of nitrogens with zero attached hydrogens (tertiary/aromatic N) is 3. The zero-order valence-electron chi connectivity index (χ0n) is 9.50. The van der Waals surface area contributed by atoms with Crippen molar-refractivity contribution in [2.45, 2.75) is 24.8 Å². The van der Waals surface area contributed by atoms with Crippen LogP contribution in [0.3, 0.4) is 0 Å². The van der Waals surface area contributed by atoms with Gasteiger partial charge in [0.15, 0.2) is 5.03 Å². The second-order valence-corrected chi connectivity index (χ2v) is 6.01. The Hall–Kier alpha value is -1.08. The molecule has 1 aromatic heterocycles. The smallest absolute Gasteiger partial charge is 0.205 e. The van der Waals surface area contributed by atoms with Crippen LogP contribution in [0.5, 0.6) is 0 Å². The number of rotatable bonds is 3. The van der Waals surface area contributed by atoms with E-state index in [-0.39, 0.29) is 5.03 Å². The molecule has 1 atom stereocenters. The molecule has 0 spiro atoms. The summed E-state index contributed by atoms with van der Waals surface area (Å²) in [6, 6.07) is 2.16. The predicted octanol–water partition coefficient (Wildman–Crippen LogP) is 1.04. The molecule has 0 N–H and O–H groups in total. The van der Waals surface area contributed by atoms with Crippen molar-refractivity contribution in [3.8, 4) is 0 Å². The second-order valence-electron chi connectivity index (χ2n) is 4.12. The highest BCUT2D eigenvalue weighted by atomic mass is 32.2. The summed E-state index contributed by atoms with van der Waals surface area (Å²) in [6.45, 7) is 3.05. The minimum Gasteiger partial charge on any atom is -0.205 e. The molecule has 1 aromatic rings. The lowest BCUT2D eigenvalue weighted by molar-refractivity contribution is 0.448. The molecule has 0 saturated carbocycles. The Morgan fingerprint density at radius 2 is 2.24 bits per heavy atom. The summed E-state index contributed by atoms with van der Waals surface area (Å²) >= 11 is 0. The molecule has 0 aromatic carbocycles. The lowest BCUT2D eigenvalue weighted by Gasteiger charge is -2.14. The maximum atomic E-state index is 12.6. The van der Waals surface area contributed by atoms with Gasteiger partial charge < -0.3 is 0 Å². The Morgan fingerprint density at radius 3 is 2.76 bits per heavy atom. The van der Waals surface area contributed by atoms with Crippen molar-refractivity contribution in [3.63, 3.8) is 0 Å². The molecule has 2 heterocycles.